The van der Waals surface area contributed by atoms with E-state index in [0.29, 0.717) is 0 Å². The fourth-order valence-corrected chi connectivity index (χ4v) is 2.04. The summed E-state index contributed by atoms with van der Waals surface area (Å²) in [5.41, 5.74) is 1.09. The number of ether oxygens (including phenoxy) is 1. The van der Waals surface area contributed by atoms with Crippen molar-refractivity contribution in [2.24, 2.45) is 5.92 Å². The predicted octanol–water partition coefficient (Wildman–Crippen LogP) is 3.81. The fourth-order valence-electron chi connectivity index (χ4n) is 2.04. The lowest BCUT2D eigenvalue weighted by Gasteiger charge is -2.11. The SMILES string of the molecule is CC(Cc1cc(F)c(OCc2ccccc2)c(F)c1)C(=O)O. The minimum Gasteiger partial charge on any atom is -0.483 e. The lowest BCUT2D eigenvalue weighted by molar-refractivity contribution is -0.141. The maximum atomic E-state index is 14.0. The third kappa shape index (κ3) is 4.04. The number of rotatable bonds is 6. The molecular formula is C17H16F2O3. The number of hydrogen-bond donors (Lipinski definition) is 1. The molecule has 0 heterocycles. The summed E-state index contributed by atoms with van der Waals surface area (Å²) < 4.78 is 33.1. The van der Waals surface area contributed by atoms with Gasteiger partial charge in [0, 0.05) is 0 Å². The van der Waals surface area contributed by atoms with E-state index in [1.807, 2.05) is 18.2 Å². The molecule has 3 nitrogen and oxygen atoms in total. The van der Waals surface area contributed by atoms with Gasteiger partial charge in [0.1, 0.15) is 6.61 Å². The lowest BCUT2D eigenvalue weighted by Crippen LogP contribution is -2.12. The van der Waals surface area contributed by atoms with E-state index in [1.54, 1.807) is 12.1 Å². The van der Waals surface area contributed by atoms with Crippen LogP contribution in [0.2, 0.25) is 0 Å². The average Bonchev–Trinajstić information content (AvgIpc) is 2.47. The quantitative estimate of drug-likeness (QED) is 0.883. The molecule has 116 valence electrons. The molecule has 5 heteroatoms. The topological polar surface area (TPSA) is 46.5 Å². The van der Waals surface area contributed by atoms with Gasteiger partial charge in [0.2, 0.25) is 0 Å². The number of carbonyl (C=O) groups is 1. The standard InChI is InChI=1S/C17H16F2O3/c1-11(17(20)21)7-13-8-14(18)16(15(19)9-13)22-10-12-5-3-2-4-6-12/h2-6,8-9,11H,7,10H2,1H3,(H,20,21). The van der Waals surface area contributed by atoms with Crippen molar-refractivity contribution >= 4 is 5.97 Å². The average molecular weight is 306 g/mol. The van der Waals surface area contributed by atoms with Crippen LogP contribution in [-0.4, -0.2) is 11.1 Å². The van der Waals surface area contributed by atoms with Crippen LogP contribution >= 0.6 is 0 Å². The highest BCUT2D eigenvalue weighted by Gasteiger charge is 2.17. The van der Waals surface area contributed by atoms with Gasteiger partial charge in [-0.2, -0.15) is 0 Å². The van der Waals surface area contributed by atoms with Crippen LogP contribution in [0.4, 0.5) is 8.78 Å². The minimum absolute atomic E-state index is 0.0551. The van der Waals surface area contributed by atoms with Crippen molar-refractivity contribution in [1.29, 1.82) is 0 Å². The molecule has 0 aliphatic rings. The highest BCUT2D eigenvalue weighted by Crippen LogP contribution is 2.25. The van der Waals surface area contributed by atoms with Gasteiger partial charge >= 0.3 is 5.97 Å². The molecule has 2 aromatic rings. The molecule has 0 bridgehead atoms. The van der Waals surface area contributed by atoms with E-state index in [1.165, 1.54) is 6.92 Å². The van der Waals surface area contributed by atoms with Crippen molar-refractivity contribution in [3.8, 4) is 5.75 Å². The Balaban J connectivity index is 2.11. The predicted molar refractivity (Wildman–Crippen MR) is 77.6 cm³/mol. The van der Waals surface area contributed by atoms with Crippen molar-refractivity contribution < 1.29 is 23.4 Å². The fraction of sp³-hybridized carbons (Fsp3) is 0.235. The van der Waals surface area contributed by atoms with Gasteiger partial charge < -0.3 is 9.84 Å². The highest BCUT2D eigenvalue weighted by atomic mass is 19.1. The monoisotopic (exact) mass is 306 g/mol. The van der Waals surface area contributed by atoms with Gasteiger partial charge in [-0.25, -0.2) is 8.78 Å². The van der Waals surface area contributed by atoms with E-state index in [2.05, 4.69) is 0 Å². The van der Waals surface area contributed by atoms with Crippen LogP contribution in [-0.2, 0) is 17.8 Å². The van der Waals surface area contributed by atoms with Gasteiger partial charge in [0.05, 0.1) is 5.92 Å². The van der Waals surface area contributed by atoms with Gasteiger partial charge in [-0.1, -0.05) is 37.3 Å². The van der Waals surface area contributed by atoms with Crippen LogP contribution in [0.25, 0.3) is 0 Å². The third-order valence-electron chi connectivity index (χ3n) is 3.25. The molecule has 22 heavy (non-hydrogen) atoms. The second-order valence-corrected chi connectivity index (χ2v) is 5.11. The first kappa shape index (κ1) is 15.9. The van der Waals surface area contributed by atoms with E-state index in [9.17, 15) is 13.6 Å². The van der Waals surface area contributed by atoms with Crippen molar-refractivity contribution in [2.75, 3.05) is 0 Å². The van der Waals surface area contributed by atoms with Crippen molar-refractivity contribution in [3.63, 3.8) is 0 Å². The summed E-state index contributed by atoms with van der Waals surface area (Å²) in [5.74, 6) is -3.83. The summed E-state index contributed by atoms with van der Waals surface area (Å²) in [7, 11) is 0. The maximum Gasteiger partial charge on any atom is 0.306 e. The first-order chi connectivity index (χ1) is 10.5. The Labute approximate surface area is 127 Å². The highest BCUT2D eigenvalue weighted by molar-refractivity contribution is 5.69. The molecule has 0 fully saturated rings. The van der Waals surface area contributed by atoms with Crippen LogP contribution in [0.1, 0.15) is 18.1 Å². The van der Waals surface area contributed by atoms with Crippen LogP contribution in [0.5, 0.6) is 5.75 Å². The van der Waals surface area contributed by atoms with Gasteiger partial charge in [0.25, 0.3) is 0 Å². The number of halogens is 2. The molecule has 0 radical (unpaired) electrons. The van der Waals surface area contributed by atoms with Crippen molar-refractivity contribution in [2.45, 2.75) is 20.0 Å². The Morgan fingerprint density at radius 1 is 1.14 bits per heavy atom. The molecule has 0 aliphatic heterocycles. The Bertz CT molecular complexity index is 633. The molecule has 0 amide bonds. The second-order valence-electron chi connectivity index (χ2n) is 5.11. The minimum atomic E-state index is -1.01. The summed E-state index contributed by atoms with van der Waals surface area (Å²) in [6, 6.07) is 11.3. The van der Waals surface area contributed by atoms with Crippen LogP contribution < -0.4 is 4.74 Å². The zero-order chi connectivity index (χ0) is 16.1. The maximum absolute atomic E-state index is 14.0. The molecule has 0 aliphatic carbocycles. The summed E-state index contributed by atoms with van der Waals surface area (Å²) in [5, 5.41) is 8.83. The summed E-state index contributed by atoms with van der Waals surface area (Å²) in [6.45, 7) is 1.54. The van der Waals surface area contributed by atoms with E-state index >= 15 is 0 Å². The van der Waals surface area contributed by atoms with E-state index in [-0.39, 0.29) is 18.6 Å². The molecule has 0 saturated heterocycles. The molecule has 1 atom stereocenters. The third-order valence-corrected chi connectivity index (χ3v) is 3.25. The molecule has 0 spiro atoms. The Morgan fingerprint density at radius 2 is 1.73 bits per heavy atom. The van der Waals surface area contributed by atoms with Crippen molar-refractivity contribution in [3.05, 3.63) is 65.2 Å². The molecule has 2 rings (SSSR count). The van der Waals surface area contributed by atoms with E-state index < -0.39 is 29.3 Å². The summed E-state index contributed by atoms with van der Waals surface area (Å²) in [6.07, 6.45) is 0.0577. The first-order valence-corrected chi connectivity index (χ1v) is 6.85. The number of carboxylic acids is 1. The molecule has 1 N–H and O–H groups in total. The van der Waals surface area contributed by atoms with Crippen LogP contribution in [0.15, 0.2) is 42.5 Å². The Hall–Kier alpha value is -2.43. The van der Waals surface area contributed by atoms with Crippen molar-refractivity contribution in [1.82, 2.24) is 0 Å². The van der Waals surface area contributed by atoms with Crippen LogP contribution in [0.3, 0.4) is 0 Å². The van der Waals surface area contributed by atoms with Gasteiger partial charge in [0.15, 0.2) is 17.4 Å². The Morgan fingerprint density at radius 3 is 2.27 bits per heavy atom. The normalized spacial score (nSPS) is 12.0. The molecular weight excluding hydrogens is 290 g/mol. The molecule has 0 saturated carbocycles. The van der Waals surface area contributed by atoms with Gasteiger partial charge in [-0.3, -0.25) is 4.79 Å². The smallest absolute Gasteiger partial charge is 0.306 e. The summed E-state index contributed by atoms with van der Waals surface area (Å²) >= 11 is 0. The molecule has 0 aromatic heterocycles. The van der Waals surface area contributed by atoms with E-state index in [4.69, 9.17) is 9.84 Å². The van der Waals surface area contributed by atoms with E-state index in [0.717, 1.165) is 17.7 Å². The van der Waals surface area contributed by atoms with Crippen LogP contribution in [0, 0.1) is 17.6 Å². The zero-order valence-corrected chi connectivity index (χ0v) is 12.1. The lowest BCUT2D eigenvalue weighted by atomic mass is 10.0. The van der Waals surface area contributed by atoms with Gasteiger partial charge in [-0.05, 0) is 29.7 Å². The number of carboxylic acid groups (broad SMARTS) is 1. The molecule has 1 unspecified atom stereocenters. The Kier molecular flexibility index (Phi) is 5.09. The number of aliphatic carboxylic acids is 1. The molecule has 2 aromatic carbocycles. The largest absolute Gasteiger partial charge is 0.483 e. The second kappa shape index (κ2) is 7.02. The van der Waals surface area contributed by atoms with Gasteiger partial charge in [-0.15, -0.1) is 0 Å². The number of benzene rings is 2. The summed E-state index contributed by atoms with van der Waals surface area (Å²) in [4.78, 5) is 10.8. The zero-order valence-electron chi connectivity index (χ0n) is 12.1. The first-order valence-electron chi connectivity index (χ1n) is 6.85. The number of hydrogen-bond acceptors (Lipinski definition) is 2.